The largest absolute Gasteiger partial charge is 0.341 e. The Labute approximate surface area is 185 Å². The third kappa shape index (κ3) is 5.18. The average molecular weight is 441 g/mol. The van der Waals surface area contributed by atoms with Crippen molar-refractivity contribution >= 4 is 26.6 Å². The van der Waals surface area contributed by atoms with E-state index in [4.69, 9.17) is 0 Å². The van der Waals surface area contributed by atoms with Gasteiger partial charge in [0.1, 0.15) is 6.54 Å². The number of nitrogens with zero attached hydrogens (tertiary/aromatic N) is 2. The first kappa shape index (κ1) is 23.1. The van der Waals surface area contributed by atoms with Gasteiger partial charge in [0, 0.05) is 30.2 Å². The minimum Gasteiger partial charge on any atom is -0.341 e. The summed E-state index contributed by atoms with van der Waals surface area (Å²) in [6.07, 6.45) is 5.61. The summed E-state index contributed by atoms with van der Waals surface area (Å²) in [6, 6.07) is 14.3. The molecule has 0 aliphatic rings. The number of hydrogen-bond acceptors (Lipinski definition) is 3. The topological polar surface area (TPSA) is 59.4 Å². The maximum atomic E-state index is 13.4. The van der Waals surface area contributed by atoms with Crippen molar-refractivity contribution in [2.24, 2.45) is 0 Å². The highest BCUT2D eigenvalue weighted by molar-refractivity contribution is 7.91. The molecule has 0 aliphatic heterocycles. The number of aryl methyl sites for hydroxylation is 1. The Morgan fingerprint density at radius 2 is 1.55 bits per heavy atom. The maximum absolute atomic E-state index is 13.4. The van der Waals surface area contributed by atoms with E-state index in [-0.39, 0.29) is 22.2 Å². The fourth-order valence-corrected chi connectivity index (χ4v) is 5.18. The van der Waals surface area contributed by atoms with Crippen molar-refractivity contribution in [1.82, 2.24) is 9.47 Å². The Morgan fingerprint density at radius 3 is 2.16 bits per heavy atom. The van der Waals surface area contributed by atoms with E-state index in [1.165, 1.54) is 0 Å². The Kier molecular flexibility index (Phi) is 7.55. The summed E-state index contributed by atoms with van der Waals surface area (Å²) >= 11 is 0. The molecule has 0 N–H and O–H groups in total. The molecule has 0 unspecified atom stereocenters. The predicted molar refractivity (Wildman–Crippen MR) is 125 cm³/mol. The Bertz CT molecular complexity index is 1120. The molecule has 0 saturated heterocycles. The molecule has 0 fully saturated rings. The van der Waals surface area contributed by atoms with E-state index in [2.05, 4.69) is 13.8 Å². The van der Waals surface area contributed by atoms with Gasteiger partial charge in [0.05, 0.1) is 9.79 Å². The number of para-hydroxylation sites is 1. The number of amides is 1. The van der Waals surface area contributed by atoms with Crippen LogP contribution >= 0.6 is 0 Å². The van der Waals surface area contributed by atoms with Gasteiger partial charge in [-0.05, 0) is 38.0 Å². The van der Waals surface area contributed by atoms with E-state index in [0.29, 0.717) is 5.39 Å². The van der Waals surface area contributed by atoms with Crippen LogP contribution in [0.3, 0.4) is 0 Å². The van der Waals surface area contributed by atoms with Crippen LogP contribution in [-0.2, 0) is 21.2 Å². The van der Waals surface area contributed by atoms with E-state index < -0.39 is 9.84 Å². The first-order valence-electron chi connectivity index (χ1n) is 11.1. The number of carbonyl (C=O) groups excluding carboxylic acids is 1. The number of fused-ring (bicyclic) bond motifs is 1. The smallest absolute Gasteiger partial charge is 0.242 e. The zero-order chi connectivity index (χ0) is 22.4. The molecule has 1 aromatic heterocycles. The van der Waals surface area contributed by atoms with E-state index in [1.807, 2.05) is 36.1 Å². The highest BCUT2D eigenvalue weighted by Crippen LogP contribution is 2.30. The maximum Gasteiger partial charge on any atom is 0.242 e. The van der Waals surface area contributed by atoms with Crippen LogP contribution in [0.4, 0.5) is 0 Å². The van der Waals surface area contributed by atoms with E-state index >= 15 is 0 Å². The third-order valence-electron chi connectivity index (χ3n) is 5.59. The monoisotopic (exact) mass is 440 g/mol. The summed E-state index contributed by atoms with van der Waals surface area (Å²) in [5.41, 5.74) is 1.76. The number of unbranched alkanes of at least 4 members (excludes halogenated alkanes) is 2. The van der Waals surface area contributed by atoms with Crippen LogP contribution in [0.15, 0.2) is 64.5 Å². The van der Waals surface area contributed by atoms with Gasteiger partial charge in [0.25, 0.3) is 0 Å². The second-order valence-corrected chi connectivity index (χ2v) is 9.96. The molecule has 31 heavy (non-hydrogen) atoms. The lowest BCUT2D eigenvalue weighted by Gasteiger charge is -2.23. The summed E-state index contributed by atoms with van der Waals surface area (Å²) in [4.78, 5) is 15.5. The second-order valence-electron chi connectivity index (χ2n) is 8.04. The van der Waals surface area contributed by atoms with Crippen LogP contribution < -0.4 is 0 Å². The molecular weight excluding hydrogens is 408 g/mol. The first-order valence-corrected chi connectivity index (χ1v) is 12.5. The van der Waals surface area contributed by atoms with Crippen LogP contribution in [-0.4, -0.2) is 36.9 Å². The zero-order valence-corrected chi connectivity index (χ0v) is 19.5. The van der Waals surface area contributed by atoms with Gasteiger partial charge in [-0.2, -0.15) is 0 Å². The molecule has 6 heteroatoms. The Balaban J connectivity index is 1.97. The van der Waals surface area contributed by atoms with Gasteiger partial charge in [0.2, 0.25) is 15.7 Å². The molecule has 5 nitrogen and oxygen atoms in total. The summed E-state index contributed by atoms with van der Waals surface area (Å²) < 4.78 is 28.5. The number of aromatic nitrogens is 1. The molecule has 2 aromatic carbocycles. The lowest BCUT2D eigenvalue weighted by atomic mass is 10.2. The number of rotatable bonds is 10. The minimum absolute atomic E-state index is 0.0296. The number of benzene rings is 2. The quantitative estimate of drug-likeness (QED) is 0.435. The molecule has 0 radical (unpaired) electrons. The fraction of sp³-hybridized carbons (Fsp3) is 0.400. The standard InChI is InChI=1S/C25H32N2O3S/c1-4-6-16-26(17-7-5-2)25(28)19-27-18-24(22-10-8-9-11-23(22)27)31(29,30)21-14-12-20(3)13-15-21/h8-15,18H,4-7,16-17,19H2,1-3H3. The van der Waals surface area contributed by atoms with Gasteiger partial charge in [0.15, 0.2) is 0 Å². The fourth-order valence-electron chi connectivity index (χ4n) is 3.71. The Hall–Kier alpha value is -2.60. The van der Waals surface area contributed by atoms with Crippen LogP contribution in [0.2, 0.25) is 0 Å². The van der Waals surface area contributed by atoms with Crippen LogP contribution in [0.1, 0.15) is 45.1 Å². The Morgan fingerprint density at radius 1 is 0.935 bits per heavy atom. The molecule has 3 aromatic rings. The molecule has 1 amide bonds. The van der Waals surface area contributed by atoms with Crippen LogP contribution in [0.25, 0.3) is 10.9 Å². The number of hydrogen-bond donors (Lipinski definition) is 0. The van der Waals surface area contributed by atoms with Crippen molar-refractivity contribution in [2.75, 3.05) is 13.1 Å². The summed E-state index contributed by atoms with van der Waals surface area (Å²) in [6.45, 7) is 7.77. The first-order chi connectivity index (χ1) is 14.9. The van der Waals surface area contributed by atoms with E-state index in [1.54, 1.807) is 35.0 Å². The third-order valence-corrected chi connectivity index (χ3v) is 7.39. The molecule has 0 bridgehead atoms. The summed E-state index contributed by atoms with van der Waals surface area (Å²) in [5, 5.41) is 0.643. The molecule has 0 saturated carbocycles. The van der Waals surface area contributed by atoms with Gasteiger partial charge >= 0.3 is 0 Å². The van der Waals surface area contributed by atoms with Crippen molar-refractivity contribution in [1.29, 1.82) is 0 Å². The van der Waals surface area contributed by atoms with Gasteiger partial charge in [-0.25, -0.2) is 8.42 Å². The van der Waals surface area contributed by atoms with Crippen molar-refractivity contribution in [3.63, 3.8) is 0 Å². The van der Waals surface area contributed by atoms with Crippen molar-refractivity contribution in [2.45, 2.75) is 62.8 Å². The van der Waals surface area contributed by atoms with Gasteiger partial charge in [-0.15, -0.1) is 0 Å². The summed E-state index contributed by atoms with van der Waals surface area (Å²) in [7, 11) is -3.69. The van der Waals surface area contributed by atoms with E-state index in [9.17, 15) is 13.2 Å². The molecule has 0 aliphatic carbocycles. The molecule has 3 rings (SSSR count). The SMILES string of the molecule is CCCCN(CCCC)C(=O)Cn1cc(S(=O)(=O)c2ccc(C)cc2)c2ccccc21. The lowest BCUT2D eigenvalue weighted by molar-refractivity contribution is -0.131. The lowest BCUT2D eigenvalue weighted by Crippen LogP contribution is -2.35. The normalized spacial score (nSPS) is 11.7. The summed E-state index contributed by atoms with van der Waals surface area (Å²) in [5.74, 6) is 0.0296. The second kappa shape index (κ2) is 10.1. The molecule has 0 atom stereocenters. The van der Waals surface area contributed by atoms with Crippen molar-refractivity contribution < 1.29 is 13.2 Å². The van der Waals surface area contributed by atoms with Crippen LogP contribution in [0.5, 0.6) is 0 Å². The highest BCUT2D eigenvalue weighted by atomic mass is 32.2. The zero-order valence-electron chi connectivity index (χ0n) is 18.7. The average Bonchev–Trinajstić information content (AvgIpc) is 3.13. The van der Waals surface area contributed by atoms with Gasteiger partial charge in [-0.1, -0.05) is 62.6 Å². The van der Waals surface area contributed by atoms with Crippen molar-refractivity contribution in [3.05, 3.63) is 60.3 Å². The highest BCUT2D eigenvalue weighted by Gasteiger charge is 2.24. The minimum atomic E-state index is -3.69. The molecule has 1 heterocycles. The predicted octanol–water partition coefficient (Wildman–Crippen LogP) is 5.21. The number of carbonyl (C=O) groups is 1. The van der Waals surface area contributed by atoms with Crippen molar-refractivity contribution in [3.8, 4) is 0 Å². The molecule has 0 spiro atoms. The number of sulfone groups is 1. The van der Waals surface area contributed by atoms with Gasteiger partial charge in [-0.3, -0.25) is 4.79 Å². The van der Waals surface area contributed by atoms with E-state index in [0.717, 1.165) is 49.9 Å². The molecular formula is C25H32N2O3S. The molecule has 166 valence electrons. The van der Waals surface area contributed by atoms with Crippen LogP contribution in [0, 0.1) is 6.92 Å². The van der Waals surface area contributed by atoms with Gasteiger partial charge < -0.3 is 9.47 Å².